The Kier molecular flexibility index (Phi) is 0.787. The first-order valence-corrected chi connectivity index (χ1v) is 2.73. The summed E-state index contributed by atoms with van der Waals surface area (Å²) in [7, 11) is 0. The molecular formula is C6H10O3. The Hall–Kier alpha value is -0.570. The lowest BCUT2D eigenvalue weighted by Gasteiger charge is -2.26. The van der Waals surface area contributed by atoms with Crippen molar-refractivity contribution in [1.29, 1.82) is 0 Å². The fourth-order valence-electron chi connectivity index (χ4n) is 0.712. The minimum absolute atomic E-state index is 0.0186. The van der Waals surface area contributed by atoms with E-state index in [9.17, 15) is 9.90 Å². The number of aliphatic hydroxyl groups is 1. The van der Waals surface area contributed by atoms with Crippen LogP contribution in [-0.4, -0.2) is 23.3 Å². The molecule has 1 atom stereocenters. The third-order valence-electron chi connectivity index (χ3n) is 1.22. The van der Waals surface area contributed by atoms with E-state index >= 15 is 0 Å². The molecule has 0 amide bonds. The van der Waals surface area contributed by atoms with Gasteiger partial charge in [-0.25, -0.2) is 0 Å². The van der Waals surface area contributed by atoms with Gasteiger partial charge in [0.05, 0.1) is 18.6 Å². The molecular weight excluding hydrogens is 121 g/mol. The SMILES string of the molecule is [2H][13C]([2H])([2H])C1(O)CCOC(=O)C1. The average molecular weight is 134 g/mol. The Morgan fingerprint density at radius 1 is 2.00 bits per heavy atom. The van der Waals surface area contributed by atoms with Crippen molar-refractivity contribution >= 4 is 5.97 Å². The minimum Gasteiger partial charge on any atom is -0.465 e. The number of esters is 1. The molecule has 0 saturated carbocycles. The zero-order chi connectivity index (χ0) is 9.41. The van der Waals surface area contributed by atoms with Crippen molar-refractivity contribution in [2.75, 3.05) is 6.61 Å². The number of carbonyl (C=O) groups excluding carboxylic acids is 1. The van der Waals surface area contributed by atoms with Crippen LogP contribution in [0.15, 0.2) is 0 Å². The van der Waals surface area contributed by atoms with E-state index in [1.165, 1.54) is 0 Å². The standard InChI is InChI=1S/C6H10O3/c1-6(8)2-3-9-5(7)4-6/h8H,2-4H2,1H3/i1+1D3. The molecule has 0 aromatic heterocycles. The molecule has 3 nitrogen and oxygen atoms in total. The summed E-state index contributed by atoms with van der Waals surface area (Å²) in [6, 6.07) is 0. The summed E-state index contributed by atoms with van der Waals surface area (Å²) in [5.74, 6) is -0.653. The van der Waals surface area contributed by atoms with Gasteiger partial charge in [0, 0.05) is 10.5 Å². The molecule has 1 heterocycles. The fraction of sp³-hybridized carbons (Fsp3) is 0.833. The molecule has 1 aliphatic heterocycles. The molecule has 9 heavy (non-hydrogen) atoms. The molecule has 0 bridgehead atoms. The highest BCUT2D eigenvalue weighted by Gasteiger charge is 2.29. The van der Waals surface area contributed by atoms with Gasteiger partial charge in [-0.3, -0.25) is 4.79 Å². The first-order valence-electron chi connectivity index (χ1n) is 4.23. The van der Waals surface area contributed by atoms with Gasteiger partial charge in [0.25, 0.3) is 0 Å². The zero-order valence-electron chi connectivity index (χ0n) is 7.89. The predicted molar refractivity (Wildman–Crippen MR) is 30.8 cm³/mol. The third-order valence-corrected chi connectivity index (χ3v) is 1.22. The van der Waals surface area contributed by atoms with Crippen LogP contribution in [0.25, 0.3) is 0 Å². The van der Waals surface area contributed by atoms with Crippen LogP contribution in [0.1, 0.15) is 23.8 Å². The largest absolute Gasteiger partial charge is 0.465 e. The molecule has 0 aromatic rings. The van der Waals surface area contributed by atoms with Crippen molar-refractivity contribution in [2.45, 2.75) is 25.3 Å². The Balaban J connectivity index is 2.77. The van der Waals surface area contributed by atoms with Crippen LogP contribution in [0.3, 0.4) is 0 Å². The highest BCUT2D eigenvalue weighted by Crippen LogP contribution is 2.19. The van der Waals surface area contributed by atoms with Crippen molar-refractivity contribution < 1.29 is 18.8 Å². The summed E-state index contributed by atoms with van der Waals surface area (Å²) >= 11 is 0. The van der Waals surface area contributed by atoms with Crippen molar-refractivity contribution in [3.05, 3.63) is 0 Å². The van der Waals surface area contributed by atoms with Gasteiger partial charge < -0.3 is 9.84 Å². The van der Waals surface area contributed by atoms with E-state index in [-0.39, 0.29) is 13.0 Å². The first kappa shape index (κ1) is 3.56. The van der Waals surface area contributed by atoms with Gasteiger partial charge in [0.1, 0.15) is 0 Å². The lowest BCUT2D eigenvalue weighted by molar-refractivity contribution is -0.157. The molecule has 52 valence electrons. The van der Waals surface area contributed by atoms with Crippen LogP contribution in [0.2, 0.25) is 0 Å². The van der Waals surface area contributed by atoms with Crippen LogP contribution in [0.5, 0.6) is 0 Å². The number of rotatable bonds is 0. The second-order valence-electron chi connectivity index (χ2n) is 2.18. The van der Waals surface area contributed by atoms with E-state index < -0.39 is 24.8 Å². The van der Waals surface area contributed by atoms with E-state index in [1.807, 2.05) is 0 Å². The quantitative estimate of drug-likeness (QED) is 0.377. The number of cyclic esters (lactones) is 1. The Labute approximate surface area is 57.8 Å². The van der Waals surface area contributed by atoms with E-state index in [2.05, 4.69) is 4.74 Å². The number of hydrogen-bond donors (Lipinski definition) is 1. The molecule has 0 aromatic carbocycles. The molecule has 0 spiro atoms. The van der Waals surface area contributed by atoms with Crippen molar-refractivity contribution in [3.63, 3.8) is 0 Å². The van der Waals surface area contributed by atoms with Crippen molar-refractivity contribution in [3.8, 4) is 0 Å². The number of hydrogen-bond acceptors (Lipinski definition) is 3. The number of carbonyl (C=O) groups is 1. The lowest BCUT2D eigenvalue weighted by atomic mass is 10.0. The van der Waals surface area contributed by atoms with Crippen LogP contribution >= 0.6 is 0 Å². The van der Waals surface area contributed by atoms with Gasteiger partial charge in [-0.15, -0.1) is 0 Å². The Bertz CT molecular complexity index is 201. The predicted octanol–water partition coefficient (Wildman–Crippen LogP) is 0.0744. The summed E-state index contributed by atoms with van der Waals surface area (Å²) in [4.78, 5) is 10.7. The van der Waals surface area contributed by atoms with Gasteiger partial charge in [-0.1, -0.05) is 0 Å². The van der Waals surface area contributed by atoms with Gasteiger partial charge in [0.15, 0.2) is 0 Å². The smallest absolute Gasteiger partial charge is 0.308 e. The lowest BCUT2D eigenvalue weighted by Crippen LogP contribution is -2.35. The van der Waals surface area contributed by atoms with Gasteiger partial charge in [-0.2, -0.15) is 0 Å². The van der Waals surface area contributed by atoms with Gasteiger partial charge in [-0.05, 0) is 6.85 Å². The maximum absolute atomic E-state index is 10.7. The van der Waals surface area contributed by atoms with Crippen LogP contribution in [0, 0.1) is 0 Å². The third kappa shape index (κ3) is 1.68. The second kappa shape index (κ2) is 1.99. The van der Waals surface area contributed by atoms with Crippen molar-refractivity contribution in [1.82, 2.24) is 0 Å². The molecule has 0 aliphatic carbocycles. The van der Waals surface area contributed by atoms with Crippen molar-refractivity contribution in [2.24, 2.45) is 0 Å². The highest BCUT2D eigenvalue weighted by atomic mass is 16.5. The Morgan fingerprint density at radius 3 is 3.22 bits per heavy atom. The normalized spacial score (nSPS) is 42.3. The number of ether oxygens (including phenoxy) is 1. The second-order valence-corrected chi connectivity index (χ2v) is 2.18. The van der Waals surface area contributed by atoms with E-state index in [1.54, 1.807) is 0 Å². The molecule has 1 aliphatic rings. The molecule has 1 N–H and O–H groups in total. The summed E-state index contributed by atoms with van der Waals surface area (Å²) in [6.45, 7) is -2.53. The maximum Gasteiger partial charge on any atom is 0.308 e. The fourth-order valence-corrected chi connectivity index (χ4v) is 0.712. The Morgan fingerprint density at radius 2 is 2.78 bits per heavy atom. The van der Waals surface area contributed by atoms with Crippen LogP contribution in [0.4, 0.5) is 0 Å². The topological polar surface area (TPSA) is 46.5 Å². The molecule has 1 rings (SSSR count). The summed E-state index contributed by atoms with van der Waals surface area (Å²) < 4.78 is 25.5. The summed E-state index contributed by atoms with van der Waals surface area (Å²) in [6.07, 6.45) is -0.460. The summed E-state index contributed by atoms with van der Waals surface area (Å²) in [5.41, 5.74) is -1.89. The zero-order valence-corrected chi connectivity index (χ0v) is 4.89. The summed E-state index contributed by atoms with van der Waals surface area (Å²) in [5, 5.41) is 9.51. The van der Waals surface area contributed by atoms with E-state index in [4.69, 9.17) is 4.11 Å². The first-order chi connectivity index (χ1) is 5.35. The molecule has 0 radical (unpaired) electrons. The van der Waals surface area contributed by atoms with Crippen LogP contribution in [-0.2, 0) is 9.53 Å². The van der Waals surface area contributed by atoms with E-state index in [0.717, 1.165) is 0 Å². The molecule has 1 saturated heterocycles. The molecule has 1 unspecified atom stereocenters. The highest BCUT2D eigenvalue weighted by molar-refractivity contribution is 5.71. The minimum atomic E-state index is -2.51. The average Bonchev–Trinajstić information content (AvgIpc) is 1.83. The van der Waals surface area contributed by atoms with Gasteiger partial charge >= 0.3 is 5.97 Å². The van der Waals surface area contributed by atoms with Gasteiger partial charge in [0.2, 0.25) is 0 Å². The molecule has 1 fully saturated rings. The monoisotopic (exact) mass is 134 g/mol. The molecule has 3 heteroatoms. The maximum atomic E-state index is 10.7. The van der Waals surface area contributed by atoms with E-state index in [0.29, 0.717) is 0 Å². The van der Waals surface area contributed by atoms with Crippen LogP contribution < -0.4 is 0 Å².